The molecule has 138 valence electrons. The fraction of sp³-hybridized carbons (Fsp3) is 0.0952. The van der Waals surface area contributed by atoms with Crippen LogP contribution in [0.1, 0.15) is 21.5 Å². The number of ether oxygens (including phenoxy) is 1. The number of sulfonamides is 1. The Morgan fingerprint density at radius 1 is 0.778 bits per heavy atom. The van der Waals surface area contributed by atoms with Gasteiger partial charge in [-0.15, -0.1) is 0 Å². The lowest BCUT2D eigenvalue weighted by atomic mass is 10.1. The van der Waals surface area contributed by atoms with E-state index >= 15 is 0 Å². The van der Waals surface area contributed by atoms with E-state index in [-0.39, 0.29) is 18.0 Å². The summed E-state index contributed by atoms with van der Waals surface area (Å²) in [7, 11) is -3.57. The monoisotopic (exact) mass is 381 g/mol. The predicted octanol–water partition coefficient (Wildman–Crippen LogP) is 3.52. The summed E-state index contributed by atoms with van der Waals surface area (Å²) in [5.41, 5.74) is 2.08. The van der Waals surface area contributed by atoms with Crippen LogP contribution in [-0.2, 0) is 27.9 Å². The van der Waals surface area contributed by atoms with Crippen LogP contribution in [0.2, 0.25) is 0 Å². The SMILES string of the molecule is O=C(OCc1ccccc1)c1ccc(CNS(=O)(=O)c2ccccc2)cc1. The molecule has 0 heterocycles. The van der Waals surface area contributed by atoms with Crippen molar-refractivity contribution in [2.24, 2.45) is 0 Å². The largest absolute Gasteiger partial charge is 0.457 e. The summed E-state index contributed by atoms with van der Waals surface area (Å²) in [6.07, 6.45) is 0. The lowest BCUT2D eigenvalue weighted by molar-refractivity contribution is 0.0472. The molecule has 0 spiro atoms. The minimum atomic E-state index is -3.57. The number of carbonyl (C=O) groups is 1. The smallest absolute Gasteiger partial charge is 0.338 e. The Labute approximate surface area is 158 Å². The fourth-order valence-electron chi connectivity index (χ4n) is 2.43. The van der Waals surface area contributed by atoms with Gasteiger partial charge in [0.2, 0.25) is 10.0 Å². The van der Waals surface area contributed by atoms with Gasteiger partial charge in [-0.2, -0.15) is 0 Å². The minimum Gasteiger partial charge on any atom is -0.457 e. The first-order valence-electron chi connectivity index (χ1n) is 8.39. The summed E-state index contributed by atoms with van der Waals surface area (Å²) in [5.74, 6) is -0.421. The molecule has 0 radical (unpaired) electrons. The second-order valence-corrected chi connectivity index (χ2v) is 7.66. The average molecular weight is 381 g/mol. The van der Waals surface area contributed by atoms with Gasteiger partial charge in [-0.25, -0.2) is 17.9 Å². The first kappa shape index (κ1) is 18.8. The van der Waals surface area contributed by atoms with Gasteiger partial charge in [0.15, 0.2) is 0 Å². The Hall–Kier alpha value is -2.96. The third kappa shape index (κ3) is 5.26. The third-order valence-corrected chi connectivity index (χ3v) is 5.34. The van der Waals surface area contributed by atoms with E-state index in [0.717, 1.165) is 11.1 Å². The highest BCUT2D eigenvalue weighted by molar-refractivity contribution is 7.89. The quantitative estimate of drug-likeness (QED) is 0.636. The van der Waals surface area contributed by atoms with Crippen molar-refractivity contribution in [1.82, 2.24) is 4.72 Å². The van der Waals surface area contributed by atoms with Crippen LogP contribution < -0.4 is 4.72 Å². The van der Waals surface area contributed by atoms with Crippen molar-refractivity contribution in [2.75, 3.05) is 0 Å². The summed E-state index contributed by atoms with van der Waals surface area (Å²) < 4.78 is 32.2. The van der Waals surface area contributed by atoms with Crippen molar-refractivity contribution in [1.29, 1.82) is 0 Å². The van der Waals surface area contributed by atoms with Gasteiger partial charge in [0.25, 0.3) is 0 Å². The average Bonchev–Trinajstić information content (AvgIpc) is 2.72. The van der Waals surface area contributed by atoms with Crippen molar-refractivity contribution >= 4 is 16.0 Å². The molecular formula is C21H19NO4S. The van der Waals surface area contributed by atoms with E-state index in [4.69, 9.17) is 4.74 Å². The number of benzene rings is 3. The number of nitrogens with one attached hydrogen (secondary N) is 1. The zero-order chi connectivity index (χ0) is 19.1. The molecule has 1 N–H and O–H groups in total. The standard InChI is InChI=1S/C21H19NO4S/c23-21(26-16-18-7-3-1-4-8-18)19-13-11-17(12-14-19)15-22-27(24,25)20-9-5-2-6-10-20/h1-14,22H,15-16H2. The summed E-state index contributed by atoms with van der Waals surface area (Å²) in [6.45, 7) is 0.342. The molecule has 27 heavy (non-hydrogen) atoms. The van der Waals surface area contributed by atoms with Gasteiger partial charge in [0.1, 0.15) is 6.61 Å². The Kier molecular flexibility index (Phi) is 6.01. The van der Waals surface area contributed by atoms with Crippen LogP contribution in [0.25, 0.3) is 0 Å². The van der Waals surface area contributed by atoms with Crippen molar-refractivity contribution in [2.45, 2.75) is 18.0 Å². The Balaban J connectivity index is 1.56. The van der Waals surface area contributed by atoms with E-state index in [2.05, 4.69) is 4.72 Å². The molecule has 5 nitrogen and oxygen atoms in total. The van der Waals surface area contributed by atoms with Gasteiger partial charge in [-0.1, -0.05) is 60.7 Å². The van der Waals surface area contributed by atoms with E-state index < -0.39 is 16.0 Å². The molecule has 3 aromatic rings. The van der Waals surface area contributed by atoms with Crippen molar-refractivity contribution < 1.29 is 17.9 Å². The fourth-order valence-corrected chi connectivity index (χ4v) is 3.47. The number of carbonyl (C=O) groups excluding carboxylic acids is 1. The Morgan fingerprint density at radius 2 is 1.37 bits per heavy atom. The Morgan fingerprint density at radius 3 is 2.00 bits per heavy atom. The lowest BCUT2D eigenvalue weighted by Crippen LogP contribution is -2.23. The molecule has 0 saturated carbocycles. The van der Waals surface area contributed by atoms with Gasteiger partial charge >= 0.3 is 5.97 Å². The highest BCUT2D eigenvalue weighted by atomic mass is 32.2. The van der Waals surface area contributed by atoms with Crippen molar-refractivity contribution in [3.63, 3.8) is 0 Å². The van der Waals surface area contributed by atoms with Crippen LogP contribution >= 0.6 is 0 Å². The predicted molar refractivity (Wildman–Crippen MR) is 102 cm³/mol. The molecule has 3 aromatic carbocycles. The first-order valence-corrected chi connectivity index (χ1v) is 9.88. The highest BCUT2D eigenvalue weighted by Gasteiger charge is 2.13. The number of hydrogen-bond donors (Lipinski definition) is 1. The zero-order valence-electron chi connectivity index (χ0n) is 14.5. The molecule has 0 saturated heterocycles. The number of hydrogen-bond acceptors (Lipinski definition) is 4. The van der Waals surface area contributed by atoms with Crippen molar-refractivity contribution in [3.05, 3.63) is 102 Å². The molecule has 0 unspecified atom stereocenters. The molecule has 0 fully saturated rings. The summed E-state index contributed by atoms with van der Waals surface area (Å²) in [6, 6.07) is 24.3. The molecule has 0 amide bonds. The maximum Gasteiger partial charge on any atom is 0.338 e. The van der Waals surface area contributed by atoms with Gasteiger partial charge in [-0.3, -0.25) is 0 Å². The van der Waals surface area contributed by atoms with Gasteiger partial charge in [0.05, 0.1) is 10.5 Å². The van der Waals surface area contributed by atoms with Crippen LogP contribution in [0.15, 0.2) is 89.8 Å². The van der Waals surface area contributed by atoms with Crippen LogP contribution in [0.5, 0.6) is 0 Å². The van der Waals surface area contributed by atoms with E-state index in [9.17, 15) is 13.2 Å². The van der Waals surface area contributed by atoms with Crippen LogP contribution in [-0.4, -0.2) is 14.4 Å². The van der Waals surface area contributed by atoms with Gasteiger partial charge in [0, 0.05) is 6.54 Å². The number of rotatable bonds is 7. The Bertz CT molecular complexity index is 985. The second kappa shape index (κ2) is 8.62. The summed E-state index contributed by atoms with van der Waals surface area (Å²) in [4.78, 5) is 12.3. The highest BCUT2D eigenvalue weighted by Crippen LogP contribution is 2.11. The molecular weight excluding hydrogens is 362 g/mol. The van der Waals surface area contributed by atoms with E-state index in [0.29, 0.717) is 5.56 Å². The van der Waals surface area contributed by atoms with E-state index in [1.807, 2.05) is 30.3 Å². The number of esters is 1. The topological polar surface area (TPSA) is 72.5 Å². The third-order valence-electron chi connectivity index (χ3n) is 3.92. The first-order chi connectivity index (χ1) is 13.0. The van der Waals surface area contributed by atoms with Crippen LogP contribution in [0.4, 0.5) is 0 Å². The molecule has 0 aliphatic carbocycles. The van der Waals surface area contributed by atoms with E-state index in [1.165, 1.54) is 12.1 Å². The van der Waals surface area contributed by atoms with Crippen LogP contribution in [0.3, 0.4) is 0 Å². The maximum absolute atomic E-state index is 12.2. The van der Waals surface area contributed by atoms with E-state index in [1.54, 1.807) is 42.5 Å². The zero-order valence-corrected chi connectivity index (χ0v) is 15.4. The normalized spacial score (nSPS) is 11.1. The van der Waals surface area contributed by atoms with Gasteiger partial charge < -0.3 is 4.74 Å². The molecule has 0 atom stereocenters. The maximum atomic E-state index is 12.2. The molecule has 0 aliphatic rings. The molecule has 6 heteroatoms. The minimum absolute atomic E-state index is 0.135. The van der Waals surface area contributed by atoms with Gasteiger partial charge in [-0.05, 0) is 35.4 Å². The summed E-state index contributed by atoms with van der Waals surface area (Å²) in [5, 5.41) is 0. The molecule has 0 aromatic heterocycles. The lowest BCUT2D eigenvalue weighted by Gasteiger charge is -2.08. The second-order valence-electron chi connectivity index (χ2n) is 5.90. The summed E-state index contributed by atoms with van der Waals surface area (Å²) >= 11 is 0. The molecule has 3 rings (SSSR count). The van der Waals surface area contributed by atoms with Crippen LogP contribution in [0, 0.1) is 0 Å². The van der Waals surface area contributed by atoms with Crippen molar-refractivity contribution in [3.8, 4) is 0 Å². The molecule has 0 bridgehead atoms. The molecule has 0 aliphatic heterocycles.